The number of carboxylic acid groups (broad SMARTS) is 1. The Morgan fingerprint density at radius 1 is 1.33 bits per heavy atom. The maximum atomic E-state index is 11.5. The summed E-state index contributed by atoms with van der Waals surface area (Å²) in [6.45, 7) is 0.988. The Morgan fingerprint density at radius 3 is 2.81 bits per heavy atom. The van der Waals surface area contributed by atoms with Gasteiger partial charge in [-0.05, 0) is 12.0 Å². The van der Waals surface area contributed by atoms with Gasteiger partial charge in [0, 0.05) is 13.1 Å². The Kier molecular flexibility index (Phi) is 5.20. The molecule has 1 aromatic rings. The van der Waals surface area contributed by atoms with Gasteiger partial charge in [-0.3, -0.25) is 4.90 Å². The number of ether oxygens (including phenoxy) is 1. The molecule has 0 bridgehead atoms. The molecule has 0 spiro atoms. The molecule has 0 unspecified atom stereocenters. The minimum atomic E-state index is -0.948. The lowest BCUT2D eigenvalue weighted by atomic mass is 10.2. The number of carbonyl (C=O) groups is 2. The third-order valence-corrected chi connectivity index (χ3v) is 3.23. The number of amides is 2. The number of carbonyl (C=O) groups excluding carboxylic acids is 1. The number of alkyl carbamates (subject to hydrolysis) is 1. The van der Waals surface area contributed by atoms with Crippen molar-refractivity contribution in [3.63, 3.8) is 0 Å². The molecule has 1 aliphatic rings. The SMILES string of the molecule is O=C(NCC[C@@H]1C=CCN1C(=O)O)OCc1ccccc1. The lowest BCUT2D eigenvalue weighted by molar-refractivity contribution is 0.135. The van der Waals surface area contributed by atoms with Crippen LogP contribution in [0.5, 0.6) is 0 Å². The van der Waals surface area contributed by atoms with E-state index in [1.54, 1.807) is 0 Å². The van der Waals surface area contributed by atoms with Crippen LogP contribution in [0.4, 0.5) is 9.59 Å². The van der Waals surface area contributed by atoms with Crippen molar-refractivity contribution in [2.75, 3.05) is 13.1 Å². The molecule has 2 amide bonds. The molecule has 2 rings (SSSR count). The van der Waals surface area contributed by atoms with Crippen LogP contribution in [-0.4, -0.2) is 41.3 Å². The van der Waals surface area contributed by atoms with E-state index in [4.69, 9.17) is 9.84 Å². The minimum absolute atomic E-state index is 0.183. The van der Waals surface area contributed by atoms with E-state index in [1.165, 1.54) is 4.90 Å². The molecule has 0 aromatic heterocycles. The first-order chi connectivity index (χ1) is 10.2. The van der Waals surface area contributed by atoms with E-state index in [0.29, 0.717) is 19.5 Å². The Morgan fingerprint density at radius 2 is 2.10 bits per heavy atom. The largest absolute Gasteiger partial charge is 0.465 e. The van der Waals surface area contributed by atoms with Crippen LogP contribution in [0.15, 0.2) is 42.5 Å². The van der Waals surface area contributed by atoms with E-state index in [1.807, 2.05) is 42.5 Å². The van der Waals surface area contributed by atoms with Crippen molar-refractivity contribution in [1.29, 1.82) is 0 Å². The average Bonchev–Trinajstić information content (AvgIpc) is 2.95. The highest BCUT2D eigenvalue weighted by molar-refractivity contribution is 5.67. The first-order valence-corrected chi connectivity index (χ1v) is 6.77. The first kappa shape index (κ1) is 14.9. The van der Waals surface area contributed by atoms with Gasteiger partial charge in [-0.15, -0.1) is 0 Å². The van der Waals surface area contributed by atoms with Crippen LogP contribution in [0.3, 0.4) is 0 Å². The predicted molar refractivity (Wildman–Crippen MR) is 76.9 cm³/mol. The Labute approximate surface area is 123 Å². The highest BCUT2D eigenvalue weighted by Gasteiger charge is 2.23. The average molecular weight is 290 g/mol. The number of nitrogens with zero attached hydrogens (tertiary/aromatic N) is 1. The van der Waals surface area contributed by atoms with Gasteiger partial charge in [0.05, 0.1) is 6.04 Å². The summed E-state index contributed by atoms with van der Waals surface area (Å²) in [5.41, 5.74) is 0.920. The molecule has 0 radical (unpaired) electrons. The summed E-state index contributed by atoms with van der Waals surface area (Å²) < 4.78 is 5.07. The van der Waals surface area contributed by atoms with Crippen molar-refractivity contribution >= 4 is 12.2 Å². The molecule has 6 heteroatoms. The molecule has 1 heterocycles. The molecule has 2 N–H and O–H groups in total. The van der Waals surface area contributed by atoms with Crippen LogP contribution in [-0.2, 0) is 11.3 Å². The number of benzene rings is 1. The van der Waals surface area contributed by atoms with Gasteiger partial charge in [-0.2, -0.15) is 0 Å². The van der Waals surface area contributed by atoms with Crippen molar-refractivity contribution in [2.24, 2.45) is 0 Å². The third-order valence-electron chi connectivity index (χ3n) is 3.23. The van der Waals surface area contributed by atoms with Gasteiger partial charge >= 0.3 is 12.2 Å². The first-order valence-electron chi connectivity index (χ1n) is 6.77. The monoisotopic (exact) mass is 290 g/mol. The zero-order valence-corrected chi connectivity index (χ0v) is 11.6. The van der Waals surface area contributed by atoms with Gasteiger partial charge in [-0.25, -0.2) is 9.59 Å². The van der Waals surface area contributed by atoms with E-state index < -0.39 is 12.2 Å². The fourth-order valence-electron chi connectivity index (χ4n) is 2.14. The molecular weight excluding hydrogens is 272 g/mol. The third kappa shape index (κ3) is 4.52. The zero-order chi connectivity index (χ0) is 15.1. The fourth-order valence-corrected chi connectivity index (χ4v) is 2.14. The molecule has 1 aliphatic heterocycles. The van der Waals surface area contributed by atoms with Gasteiger partial charge < -0.3 is 15.2 Å². The molecule has 0 fully saturated rings. The molecule has 0 aliphatic carbocycles. The van der Waals surface area contributed by atoms with Crippen LogP contribution in [0.2, 0.25) is 0 Å². The van der Waals surface area contributed by atoms with Crippen LogP contribution < -0.4 is 5.32 Å². The molecule has 0 saturated carbocycles. The van der Waals surface area contributed by atoms with Crippen LogP contribution in [0.1, 0.15) is 12.0 Å². The lowest BCUT2D eigenvalue weighted by Crippen LogP contribution is -2.37. The number of hydrogen-bond acceptors (Lipinski definition) is 3. The second-order valence-corrected chi connectivity index (χ2v) is 4.71. The van der Waals surface area contributed by atoms with Gasteiger partial charge in [0.15, 0.2) is 0 Å². The van der Waals surface area contributed by atoms with E-state index in [-0.39, 0.29) is 12.6 Å². The van der Waals surface area contributed by atoms with E-state index >= 15 is 0 Å². The van der Waals surface area contributed by atoms with Crippen LogP contribution in [0.25, 0.3) is 0 Å². The molecule has 21 heavy (non-hydrogen) atoms. The molecular formula is C15H18N2O4. The summed E-state index contributed by atoms with van der Waals surface area (Å²) in [5, 5.41) is 11.6. The topological polar surface area (TPSA) is 78.9 Å². The van der Waals surface area contributed by atoms with E-state index in [9.17, 15) is 9.59 Å². The second kappa shape index (κ2) is 7.33. The lowest BCUT2D eigenvalue weighted by Gasteiger charge is -2.21. The molecule has 0 saturated heterocycles. The van der Waals surface area contributed by atoms with Crippen molar-refractivity contribution in [3.8, 4) is 0 Å². The Hall–Kier alpha value is -2.50. The highest BCUT2D eigenvalue weighted by Crippen LogP contribution is 2.12. The zero-order valence-electron chi connectivity index (χ0n) is 11.6. The van der Waals surface area contributed by atoms with Crippen molar-refractivity contribution in [2.45, 2.75) is 19.1 Å². The van der Waals surface area contributed by atoms with Crippen molar-refractivity contribution in [1.82, 2.24) is 10.2 Å². The highest BCUT2D eigenvalue weighted by atomic mass is 16.5. The normalized spacial score (nSPS) is 16.8. The molecule has 112 valence electrons. The molecule has 1 atom stereocenters. The van der Waals surface area contributed by atoms with Crippen LogP contribution in [0, 0.1) is 0 Å². The van der Waals surface area contributed by atoms with Gasteiger partial charge in [-0.1, -0.05) is 42.5 Å². The fraction of sp³-hybridized carbons (Fsp3) is 0.333. The predicted octanol–water partition coefficient (Wildman–Crippen LogP) is 2.22. The summed E-state index contributed by atoms with van der Waals surface area (Å²) in [7, 11) is 0. The Balaban J connectivity index is 1.65. The summed E-state index contributed by atoms with van der Waals surface area (Å²) >= 11 is 0. The van der Waals surface area contributed by atoms with E-state index in [2.05, 4.69) is 5.32 Å². The van der Waals surface area contributed by atoms with Gasteiger partial charge in [0.2, 0.25) is 0 Å². The summed E-state index contributed by atoms with van der Waals surface area (Å²) in [5.74, 6) is 0. The summed E-state index contributed by atoms with van der Waals surface area (Å²) in [4.78, 5) is 23.8. The molecule has 1 aromatic carbocycles. The summed E-state index contributed by atoms with van der Waals surface area (Å²) in [6.07, 6.45) is 2.74. The number of hydrogen-bond donors (Lipinski definition) is 2. The number of rotatable bonds is 5. The summed E-state index contributed by atoms with van der Waals surface area (Å²) in [6, 6.07) is 9.22. The molecule has 6 nitrogen and oxygen atoms in total. The minimum Gasteiger partial charge on any atom is -0.465 e. The standard InChI is InChI=1S/C15H18N2O4/c18-14(21-11-12-5-2-1-3-6-12)16-9-8-13-7-4-10-17(13)15(19)20/h1-7,13H,8-11H2,(H,16,18)(H,19,20)/t13-/m0/s1. The number of nitrogens with one attached hydrogen (secondary N) is 1. The smallest absolute Gasteiger partial charge is 0.408 e. The van der Waals surface area contributed by atoms with Gasteiger partial charge in [0.25, 0.3) is 0 Å². The van der Waals surface area contributed by atoms with E-state index in [0.717, 1.165) is 5.56 Å². The van der Waals surface area contributed by atoms with Crippen molar-refractivity contribution < 1.29 is 19.4 Å². The maximum Gasteiger partial charge on any atom is 0.408 e. The quantitative estimate of drug-likeness (QED) is 0.815. The van der Waals surface area contributed by atoms with Crippen molar-refractivity contribution in [3.05, 3.63) is 48.0 Å². The van der Waals surface area contributed by atoms with Crippen LogP contribution >= 0.6 is 0 Å². The Bertz CT molecular complexity index is 516. The maximum absolute atomic E-state index is 11.5. The second-order valence-electron chi connectivity index (χ2n) is 4.71. The van der Waals surface area contributed by atoms with Gasteiger partial charge in [0.1, 0.15) is 6.61 Å².